The summed E-state index contributed by atoms with van der Waals surface area (Å²) >= 11 is 0. The van der Waals surface area contributed by atoms with Gasteiger partial charge in [-0.1, -0.05) is 6.07 Å². The summed E-state index contributed by atoms with van der Waals surface area (Å²) in [5, 5.41) is 14.7. The Morgan fingerprint density at radius 3 is 3.11 bits per heavy atom. The van der Waals surface area contributed by atoms with Gasteiger partial charge in [-0.05, 0) is 44.0 Å². The van der Waals surface area contributed by atoms with Gasteiger partial charge in [0.05, 0.1) is 5.69 Å². The number of benzene rings is 1. The maximum atomic E-state index is 13.4. The summed E-state index contributed by atoms with van der Waals surface area (Å²) in [4.78, 5) is 11.8. The normalized spacial score (nSPS) is 18.0. The standard InChI is InChI=1S/C14H16FN3O/c15-12-2-1-3-13(11(12)8-16)18-14(19)5-4-10-6-7-17-9-10/h1-3,10,17H,4-7,9H2,(H,18,19). The maximum absolute atomic E-state index is 13.4. The highest BCUT2D eigenvalue weighted by atomic mass is 19.1. The van der Waals surface area contributed by atoms with E-state index in [0.29, 0.717) is 12.3 Å². The van der Waals surface area contributed by atoms with Crippen LogP contribution in [0.5, 0.6) is 0 Å². The molecule has 1 aromatic carbocycles. The van der Waals surface area contributed by atoms with Crippen LogP contribution in [0.4, 0.5) is 10.1 Å². The molecule has 2 N–H and O–H groups in total. The molecule has 0 aromatic heterocycles. The first kappa shape index (κ1) is 13.5. The minimum absolute atomic E-state index is 0.113. The molecule has 0 saturated carbocycles. The maximum Gasteiger partial charge on any atom is 0.224 e. The molecule has 1 aromatic rings. The number of nitrogens with one attached hydrogen (secondary N) is 2. The number of carbonyl (C=O) groups excluding carboxylic acids is 1. The van der Waals surface area contributed by atoms with E-state index in [1.165, 1.54) is 18.2 Å². The molecule has 1 atom stereocenters. The summed E-state index contributed by atoms with van der Waals surface area (Å²) in [6.45, 7) is 1.96. The van der Waals surface area contributed by atoms with Crippen molar-refractivity contribution in [3.05, 3.63) is 29.6 Å². The van der Waals surface area contributed by atoms with Gasteiger partial charge in [0.25, 0.3) is 0 Å². The van der Waals surface area contributed by atoms with Crippen LogP contribution < -0.4 is 10.6 Å². The highest BCUT2D eigenvalue weighted by molar-refractivity contribution is 5.92. The van der Waals surface area contributed by atoms with Crippen LogP contribution in [0.15, 0.2) is 18.2 Å². The Labute approximate surface area is 111 Å². The molecule has 1 fully saturated rings. The molecular weight excluding hydrogens is 245 g/mol. The molecular formula is C14H16FN3O. The van der Waals surface area contributed by atoms with Crippen LogP contribution in [-0.4, -0.2) is 19.0 Å². The molecule has 1 amide bonds. The fourth-order valence-corrected chi connectivity index (χ4v) is 2.25. The molecule has 1 heterocycles. The fourth-order valence-electron chi connectivity index (χ4n) is 2.25. The van der Waals surface area contributed by atoms with E-state index in [1.807, 2.05) is 0 Å². The highest BCUT2D eigenvalue weighted by Gasteiger charge is 2.16. The van der Waals surface area contributed by atoms with Crippen LogP contribution in [0.2, 0.25) is 0 Å². The van der Waals surface area contributed by atoms with Gasteiger partial charge in [-0.2, -0.15) is 5.26 Å². The second-order valence-electron chi connectivity index (χ2n) is 4.72. The monoisotopic (exact) mass is 261 g/mol. The van der Waals surface area contributed by atoms with Crippen LogP contribution in [0, 0.1) is 23.1 Å². The molecule has 100 valence electrons. The average Bonchev–Trinajstić information content (AvgIpc) is 2.90. The largest absolute Gasteiger partial charge is 0.325 e. The molecule has 1 aliphatic heterocycles. The SMILES string of the molecule is N#Cc1c(F)cccc1NC(=O)CCC1CCNC1. The summed E-state index contributed by atoms with van der Waals surface area (Å²) in [5.74, 6) is -0.247. The lowest BCUT2D eigenvalue weighted by Crippen LogP contribution is -2.15. The van der Waals surface area contributed by atoms with Gasteiger partial charge in [-0.15, -0.1) is 0 Å². The molecule has 1 saturated heterocycles. The minimum Gasteiger partial charge on any atom is -0.325 e. The van der Waals surface area contributed by atoms with Gasteiger partial charge in [0, 0.05) is 6.42 Å². The number of carbonyl (C=O) groups is 1. The average molecular weight is 261 g/mol. The third kappa shape index (κ3) is 3.52. The van der Waals surface area contributed by atoms with E-state index in [2.05, 4.69) is 10.6 Å². The highest BCUT2D eigenvalue weighted by Crippen LogP contribution is 2.19. The van der Waals surface area contributed by atoms with Gasteiger partial charge in [-0.3, -0.25) is 4.79 Å². The van der Waals surface area contributed by atoms with Crippen molar-refractivity contribution in [1.29, 1.82) is 5.26 Å². The van der Waals surface area contributed by atoms with E-state index < -0.39 is 5.82 Å². The van der Waals surface area contributed by atoms with E-state index >= 15 is 0 Å². The van der Waals surface area contributed by atoms with E-state index in [1.54, 1.807) is 6.07 Å². The summed E-state index contributed by atoms with van der Waals surface area (Å²) in [5.41, 5.74) is 0.135. The van der Waals surface area contributed by atoms with Crippen LogP contribution in [0.25, 0.3) is 0 Å². The molecule has 4 nitrogen and oxygen atoms in total. The Balaban J connectivity index is 1.91. The van der Waals surface area contributed by atoms with Gasteiger partial charge in [0.2, 0.25) is 5.91 Å². The zero-order chi connectivity index (χ0) is 13.7. The first-order valence-electron chi connectivity index (χ1n) is 6.40. The molecule has 1 aliphatic rings. The first-order chi connectivity index (χ1) is 9.20. The van der Waals surface area contributed by atoms with Gasteiger partial charge < -0.3 is 10.6 Å². The van der Waals surface area contributed by atoms with Crippen LogP contribution in [0.1, 0.15) is 24.8 Å². The van der Waals surface area contributed by atoms with Crippen molar-refractivity contribution < 1.29 is 9.18 Å². The Hall–Kier alpha value is -1.93. The van der Waals surface area contributed by atoms with Crippen molar-refractivity contribution in [1.82, 2.24) is 5.32 Å². The Morgan fingerprint density at radius 1 is 1.58 bits per heavy atom. The molecule has 2 rings (SSSR count). The predicted molar refractivity (Wildman–Crippen MR) is 70.0 cm³/mol. The van der Waals surface area contributed by atoms with E-state index in [9.17, 15) is 9.18 Å². The van der Waals surface area contributed by atoms with Gasteiger partial charge in [-0.25, -0.2) is 4.39 Å². The first-order valence-corrected chi connectivity index (χ1v) is 6.40. The number of halogens is 1. The Kier molecular flexibility index (Phi) is 4.48. The van der Waals surface area contributed by atoms with Crippen LogP contribution >= 0.6 is 0 Å². The molecule has 5 heteroatoms. The smallest absolute Gasteiger partial charge is 0.224 e. The lowest BCUT2D eigenvalue weighted by atomic mass is 10.0. The molecule has 0 aliphatic carbocycles. The molecule has 0 radical (unpaired) electrons. The zero-order valence-electron chi connectivity index (χ0n) is 10.6. The van der Waals surface area contributed by atoms with Crippen molar-refractivity contribution in [2.45, 2.75) is 19.3 Å². The number of amides is 1. The van der Waals surface area contributed by atoms with Crippen molar-refractivity contribution in [3.63, 3.8) is 0 Å². The molecule has 19 heavy (non-hydrogen) atoms. The van der Waals surface area contributed by atoms with Crippen LogP contribution in [-0.2, 0) is 4.79 Å². The second kappa shape index (κ2) is 6.30. The van der Waals surface area contributed by atoms with Crippen molar-refractivity contribution in [2.75, 3.05) is 18.4 Å². The summed E-state index contributed by atoms with van der Waals surface area (Å²) in [6.07, 6.45) is 2.31. The van der Waals surface area contributed by atoms with E-state index in [-0.39, 0.29) is 17.2 Å². The second-order valence-corrected chi connectivity index (χ2v) is 4.72. The molecule has 1 unspecified atom stereocenters. The number of nitriles is 1. The summed E-state index contributed by atoms with van der Waals surface area (Å²) in [6, 6.07) is 5.99. The predicted octanol–water partition coefficient (Wildman–Crippen LogP) is 2.03. The summed E-state index contributed by atoms with van der Waals surface area (Å²) in [7, 11) is 0. The van der Waals surface area contributed by atoms with Crippen LogP contribution in [0.3, 0.4) is 0 Å². The van der Waals surface area contributed by atoms with E-state index in [0.717, 1.165) is 25.9 Å². The summed E-state index contributed by atoms with van der Waals surface area (Å²) < 4.78 is 13.4. The fraction of sp³-hybridized carbons (Fsp3) is 0.429. The van der Waals surface area contributed by atoms with Crippen molar-refractivity contribution in [3.8, 4) is 6.07 Å². The number of nitrogens with zero attached hydrogens (tertiary/aromatic N) is 1. The topological polar surface area (TPSA) is 64.9 Å². The molecule has 0 spiro atoms. The van der Waals surface area contributed by atoms with Crippen molar-refractivity contribution >= 4 is 11.6 Å². The van der Waals surface area contributed by atoms with Gasteiger partial charge in [0.1, 0.15) is 17.4 Å². The third-order valence-corrected chi connectivity index (χ3v) is 3.34. The zero-order valence-corrected chi connectivity index (χ0v) is 10.6. The minimum atomic E-state index is -0.611. The Bertz CT molecular complexity index is 504. The quantitative estimate of drug-likeness (QED) is 0.871. The lowest BCUT2D eigenvalue weighted by Gasteiger charge is -2.09. The molecule has 0 bridgehead atoms. The van der Waals surface area contributed by atoms with Gasteiger partial charge >= 0.3 is 0 Å². The van der Waals surface area contributed by atoms with E-state index in [4.69, 9.17) is 5.26 Å². The van der Waals surface area contributed by atoms with Gasteiger partial charge in [0.15, 0.2) is 0 Å². The number of rotatable bonds is 4. The third-order valence-electron chi connectivity index (χ3n) is 3.34. The van der Waals surface area contributed by atoms with Crippen molar-refractivity contribution in [2.24, 2.45) is 5.92 Å². The lowest BCUT2D eigenvalue weighted by molar-refractivity contribution is -0.116. The Morgan fingerprint density at radius 2 is 2.42 bits per heavy atom. The number of anilines is 1. The number of hydrogen-bond donors (Lipinski definition) is 2. The number of hydrogen-bond acceptors (Lipinski definition) is 3.